The van der Waals surface area contributed by atoms with Gasteiger partial charge in [0.05, 0.1) is 10.5 Å². The predicted octanol–water partition coefficient (Wildman–Crippen LogP) is 2.52. The molecule has 0 bridgehead atoms. The lowest BCUT2D eigenvalue weighted by Crippen LogP contribution is -2.21. The van der Waals surface area contributed by atoms with E-state index in [4.69, 9.17) is 11.6 Å². The van der Waals surface area contributed by atoms with Crippen LogP contribution in [0.25, 0.3) is 10.9 Å². The first-order valence-corrected chi connectivity index (χ1v) is 6.73. The lowest BCUT2D eigenvalue weighted by molar-refractivity contribution is 0.696. The quantitative estimate of drug-likeness (QED) is 0.870. The Labute approximate surface area is 111 Å². The molecule has 2 N–H and O–H groups in total. The van der Waals surface area contributed by atoms with Gasteiger partial charge in [-0.2, -0.15) is 0 Å². The third-order valence-corrected chi connectivity index (χ3v) is 4.36. The van der Waals surface area contributed by atoms with Gasteiger partial charge in [-0.3, -0.25) is 0 Å². The maximum absolute atomic E-state index is 6.29. The summed E-state index contributed by atoms with van der Waals surface area (Å²) >= 11 is 6.29. The van der Waals surface area contributed by atoms with Gasteiger partial charge in [-0.15, -0.1) is 0 Å². The standard InChI is InChI=1S/C14H14ClN3/c15-11-5-8-3-1-2-4-12(8)17-14(11)18-13-9-6-16-7-10(9)13/h1-5,9-10,13,16H,6-7H2,(H,17,18)/t9-,10+,13?. The third-order valence-electron chi connectivity index (χ3n) is 4.07. The van der Waals surface area contributed by atoms with Crippen molar-refractivity contribution in [1.29, 1.82) is 0 Å². The smallest absolute Gasteiger partial charge is 0.145 e. The van der Waals surface area contributed by atoms with Crippen molar-refractivity contribution in [2.75, 3.05) is 18.4 Å². The van der Waals surface area contributed by atoms with Gasteiger partial charge in [0.2, 0.25) is 0 Å². The summed E-state index contributed by atoms with van der Waals surface area (Å²) in [6.45, 7) is 2.24. The SMILES string of the molecule is Clc1cc2ccccc2nc1NC1[C@H]2CNC[C@@H]12. The van der Waals surface area contributed by atoms with E-state index in [0.717, 1.165) is 41.6 Å². The normalized spacial score (nSPS) is 29.3. The van der Waals surface area contributed by atoms with E-state index in [0.29, 0.717) is 11.1 Å². The minimum Gasteiger partial charge on any atom is -0.365 e. The molecule has 1 aromatic carbocycles. The van der Waals surface area contributed by atoms with Crippen LogP contribution in [0, 0.1) is 11.8 Å². The molecule has 2 fully saturated rings. The molecule has 18 heavy (non-hydrogen) atoms. The number of benzene rings is 1. The number of aromatic nitrogens is 1. The zero-order valence-electron chi connectivity index (χ0n) is 9.86. The summed E-state index contributed by atoms with van der Waals surface area (Å²) in [7, 11) is 0. The number of nitrogens with zero attached hydrogens (tertiary/aromatic N) is 1. The van der Waals surface area contributed by atoms with E-state index in [2.05, 4.69) is 15.6 Å². The molecule has 1 unspecified atom stereocenters. The summed E-state index contributed by atoms with van der Waals surface area (Å²) < 4.78 is 0. The lowest BCUT2D eigenvalue weighted by Gasteiger charge is -2.10. The summed E-state index contributed by atoms with van der Waals surface area (Å²) in [6, 6.07) is 10.6. The second-order valence-corrected chi connectivity index (χ2v) is 5.57. The molecule has 0 spiro atoms. The first-order valence-electron chi connectivity index (χ1n) is 6.35. The zero-order valence-corrected chi connectivity index (χ0v) is 10.6. The molecule has 1 saturated heterocycles. The monoisotopic (exact) mass is 259 g/mol. The summed E-state index contributed by atoms with van der Waals surface area (Å²) in [4.78, 5) is 4.62. The molecule has 1 saturated carbocycles. The number of hydrogen-bond donors (Lipinski definition) is 2. The number of rotatable bonds is 2. The van der Waals surface area contributed by atoms with Gasteiger partial charge in [-0.05, 0) is 24.0 Å². The number of piperidine rings is 1. The minimum atomic E-state index is 0.553. The molecule has 0 amide bonds. The van der Waals surface area contributed by atoms with Crippen molar-refractivity contribution in [3.05, 3.63) is 35.4 Å². The second-order valence-electron chi connectivity index (χ2n) is 5.17. The van der Waals surface area contributed by atoms with Gasteiger partial charge in [-0.25, -0.2) is 4.98 Å². The van der Waals surface area contributed by atoms with Crippen LogP contribution in [0.1, 0.15) is 0 Å². The van der Waals surface area contributed by atoms with E-state index < -0.39 is 0 Å². The molecule has 0 radical (unpaired) electrons. The molecule has 1 aromatic heterocycles. The van der Waals surface area contributed by atoms with Crippen LogP contribution in [-0.2, 0) is 0 Å². The van der Waals surface area contributed by atoms with E-state index in [-0.39, 0.29) is 0 Å². The van der Waals surface area contributed by atoms with Crippen molar-refractivity contribution >= 4 is 28.3 Å². The number of halogens is 1. The molecule has 4 rings (SSSR count). The fourth-order valence-corrected chi connectivity index (χ4v) is 3.20. The largest absolute Gasteiger partial charge is 0.365 e. The topological polar surface area (TPSA) is 37.0 Å². The fourth-order valence-electron chi connectivity index (χ4n) is 2.98. The molecule has 4 heteroatoms. The van der Waals surface area contributed by atoms with Gasteiger partial charge in [-0.1, -0.05) is 29.8 Å². The Morgan fingerprint density at radius 3 is 2.83 bits per heavy atom. The van der Waals surface area contributed by atoms with Crippen LogP contribution in [0.4, 0.5) is 5.82 Å². The van der Waals surface area contributed by atoms with Gasteiger partial charge >= 0.3 is 0 Å². The zero-order chi connectivity index (χ0) is 12.1. The molecule has 1 aliphatic carbocycles. The van der Waals surface area contributed by atoms with Gasteiger partial charge in [0, 0.05) is 24.5 Å². The highest BCUT2D eigenvalue weighted by atomic mass is 35.5. The fraction of sp³-hybridized carbons (Fsp3) is 0.357. The molecule has 2 aromatic rings. The highest BCUT2D eigenvalue weighted by Gasteiger charge is 2.53. The summed E-state index contributed by atoms with van der Waals surface area (Å²) in [5.41, 5.74) is 0.994. The number of para-hydroxylation sites is 1. The van der Waals surface area contributed by atoms with Crippen molar-refractivity contribution in [3.63, 3.8) is 0 Å². The van der Waals surface area contributed by atoms with Gasteiger partial charge in [0.1, 0.15) is 5.82 Å². The van der Waals surface area contributed by atoms with E-state index in [1.807, 2.05) is 30.3 Å². The van der Waals surface area contributed by atoms with Gasteiger partial charge in [0.15, 0.2) is 0 Å². The molecule has 3 atom stereocenters. The Balaban J connectivity index is 1.66. The van der Waals surface area contributed by atoms with E-state index in [9.17, 15) is 0 Å². The van der Waals surface area contributed by atoms with Crippen molar-refractivity contribution in [2.45, 2.75) is 6.04 Å². The lowest BCUT2D eigenvalue weighted by atomic mass is 10.2. The van der Waals surface area contributed by atoms with Gasteiger partial charge in [0.25, 0.3) is 0 Å². The maximum atomic E-state index is 6.29. The first-order chi connectivity index (χ1) is 8.83. The van der Waals surface area contributed by atoms with Crippen LogP contribution in [-0.4, -0.2) is 24.1 Å². The number of fused-ring (bicyclic) bond motifs is 2. The van der Waals surface area contributed by atoms with Crippen LogP contribution >= 0.6 is 11.6 Å². The molecular formula is C14H14ClN3. The van der Waals surface area contributed by atoms with Crippen molar-refractivity contribution in [3.8, 4) is 0 Å². The number of anilines is 1. The second kappa shape index (κ2) is 3.84. The number of nitrogens with one attached hydrogen (secondary N) is 2. The highest BCUT2D eigenvalue weighted by molar-refractivity contribution is 6.33. The Morgan fingerprint density at radius 2 is 2.00 bits per heavy atom. The van der Waals surface area contributed by atoms with Crippen LogP contribution in [0.3, 0.4) is 0 Å². The Bertz CT molecular complexity index is 603. The Morgan fingerprint density at radius 1 is 1.22 bits per heavy atom. The van der Waals surface area contributed by atoms with Crippen LogP contribution in [0.15, 0.2) is 30.3 Å². The number of hydrogen-bond acceptors (Lipinski definition) is 3. The maximum Gasteiger partial charge on any atom is 0.145 e. The molecule has 92 valence electrons. The van der Waals surface area contributed by atoms with Crippen molar-refractivity contribution < 1.29 is 0 Å². The third kappa shape index (κ3) is 1.58. The Hall–Kier alpha value is -1.32. The predicted molar refractivity (Wildman–Crippen MR) is 74.0 cm³/mol. The van der Waals surface area contributed by atoms with Gasteiger partial charge < -0.3 is 10.6 Å². The average molecular weight is 260 g/mol. The molecule has 2 heterocycles. The van der Waals surface area contributed by atoms with Crippen LogP contribution < -0.4 is 10.6 Å². The molecule has 3 nitrogen and oxygen atoms in total. The molecule has 1 aliphatic heterocycles. The molecule has 2 aliphatic rings. The van der Waals surface area contributed by atoms with E-state index in [1.165, 1.54) is 0 Å². The van der Waals surface area contributed by atoms with E-state index in [1.54, 1.807) is 0 Å². The number of pyridine rings is 1. The van der Waals surface area contributed by atoms with Crippen molar-refractivity contribution in [2.24, 2.45) is 11.8 Å². The van der Waals surface area contributed by atoms with Crippen LogP contribution in [0.2, 0.25) is 5.02 Å². The Kier molecular flexibility index (Phi) is 2.26. The highest BCUT2D eigenvalue weighted by Crippen LogP contribution is 2.44. The molecular weight excluding hydrogens is 246 g/mol. The van der Waals surface area contributed by atoms with Crippen LogP contribution in [0.5, 0.6) is 0 Å². The summed E-state index contributed by atoms with van der Waals surface area (Å²) in [5.74, 6) is 2.35. The summed E-state index contributed by atoms with van der Waals surface area (Å²) in [5, 5.41) is 8.69. The summed E-state index contributed by atoms with van der Waals surface area (Å²) in [6.07, 6.45) is 0. The minimum absolute atomic E-state index is 0.553. The first kappa shape index (κ1) is 10.6. The average Bonchev–Trinajstić information content (AvgIpc) is 2.83. The van der Waals surface area contributed by atoms with Crippen molar-refractivity contribution in [1.82, 2.24) is 10.3 Å². The van der Waals surface area contributed by atoms with E-state index >= 15 is 0 Å².